The second-order valence-electron chi connectivity index (χ2n) is 9.23. The number of benzene rings is 2. The van der Waals surface area contributed by atoms with Gasteiger partial charge in [0.05, 0.1) is 12.2 Å². The summed E-state index contributed by atoms with van der Waals surface area (Å²) in [4.78, 5) is 18.6. The van der Waals surface area contributed by atoms with Gasteiger partial charge >= 0.3 is 0 Å². The first-order valence-electron chi connectivity index (χ1n) is 12.7. The Labute approximate surface area is 231 Å². The van der Waals surface area contributed by atoms with Gasteiger partial charge in [0.25, 0.3) is 5.91 Å². The molecule has 2 N–H and O–H groups in total. The highest BCUT2D eigenvalue weighted by atomic mass is 79.9. The molecule has 196 valence electrons. The number of carbonyl (C=O) groups excluding carboxylic acids is 1. The highest BCUT2D eigenvalue weighted by Crippen LogP contribution is 2.41. The zero-order valence-electron chi connectivity index (χ0n) is 22.0. The van der Waals surface area contributed by atoms with Crippen molar-refractivity contribution in [1.29, 1.82) is 0 Å². The molecule has 2 aromatic carbocycles. The van der Waals surface area contributed by atoms with E-state index in [0.29, 0.717) is 23.3 Å². The van der Waals surface area contributed by atoms with Crippen molar-refractivity contribution in [2.45, 2.75) is 65.1 Å². The van der Waals surface area contributed by atoms with E-state index in [1.54, 1.807) is 11.8 Å². The van der Waals surface area contributed by atoms with E-state index >= 15 is 0 Å². The van der Waals surface area contributed by atoms with Crippen LogP contribution in [0.25, 0.3) is 0 Å². The van der Waals surface area contributed by atoms with Crippen molar-refractivity contribution >= 4 is 45.2 Å². The monoisotopic (exact) mass is 583 g/mol. The number of amides is 1. The normalized spacial score (nSPS) is 14.8. The number of thioether (sulfide) groups is 1. The first-order valence-corrected chi connectivity index (χ1v) is 14.5. The van der Waals surface area contributed by atoms with Crippen molar-refractivity contribution in [3.05, 3.63) is 68.8 Å². The van der Waals surface area contributed by atoms with Crippen LogP contribution in [0.4, 0.5) is 11.6 Å². The van der Waals surface area contributed by atoms with Crippen LogP contribution >= 0.6 is 27.7 Å². The van der Waals surface area contributed by atoms with Gasteiger partial charge < -0.3 is 15.4 Å². The van der Waals surface area contributed by atoms with E-state index in [2.05, 4.69) is 46.5 Å². The van der Waals surface area contributed by atoms with E-state index in [1.807, 2.05) is 55.8 Å². The average molecular weight is 585 g/mol. The van der Waals surface area contributed by atoms with Gasteiger partial charge in [-0.3, -0.25) is 4.79 Å². The molecule has 0 radical (unpaired) electrons. The summed E-state index contributed by atoms with van der Waals surface area (Å²) in [6.45, 7) is 10.8. The third kappa shape index (κ3) is 6.21. The molecule has 4 rings (SSSR count). The summed E-state index contributed by atoms with van der Waals surface area (Å²) >= 11 is 5.24. The number of aryl methyl sites for hydroxylation is 2. The minimum Gasteiger partial charge on any atom is -0.493 e. The van der Waals surface area contributed by atoms with Gasteiger partial charge in [-0.2, -0.15) is 4.98 Å². The number of allylic oxidation sites excluding steroid dienone is 1. The fourth-order valence-electron chi connectivity index (χ4n) is 4.30. The van der Waals surface area contributed by atoms with Crippen LogP contribution < -0.4 is 15.4 Å². The number of ether oxygens (including phenoxy) is 1. The van der Waals surface area contributed by atoms with Crippen LogP contribution in [0.15, 0.2) is 57.3 Å². The summed E-state index contributed by atoms with van der Waals surface area (Å²) in [5.74, 6) is 2.08. The van der Waals surface area contributed by atoms with Crippen LogP contribution in [0, 0.1) is 13.8 Å². The molecule has 0 fully saturated rings. The molecule has 0 aliphatic carbocycles. The Morgan fingerprint density at radius 1 is 1.16 bits per heavy atom. The minimum atomic E-state index is -0.514. The standard InChI is InChI=1S/C28H34BrN5O2S/c1-6-8-13-36-23-12-10-20(29)16-21(23)25-24(26(35)31-22-11-9-17(3)15-18(22)4)19(5)30-27-32-28(33-34(25)27)37-14-7-2/h9-12,15-16,25H,6-8,13-14H2,1-5H3,(H,31,35)(H,30,32,33). The van der Waals surface area contributed by atoms with Crippen molar-refractivity contribution in [3.8, 4) is 5.75 Å². The lowest BCUT2D eigenvalue weighted by Crippen LogP contribution is -2.32. The second kappa shape index (κ2) is 12.2. The molecule has 0 bridgehead atoms. The topological polar surface area (TPSA) is 81.1 Å². The number of hydrogen-bond donors (Lipinski definition) is 2. The third-order valence-corrected chi connectivity index (χ3v) is 7.70. The molecule has 37 heavy (non-hydrogen) atoms. The third-order valence-electron chi connectivity index (χ3n) is 6.17. The molecular weight excluding hydrogens is 550 g/mol. The highest BCUT2D eigenvalue weighted by molar-refractivity contribution is 9.10. The fourth-order valence-corrected chi connectivity index (χ4v) is 5.36. The van der Waals surface area contributed by atoms with E-state index in [9.17, 15) is 4.79 Å². The van der Waals surface area contributed by atoms with Crippen molar-refractivity contribution in [1.82, 2.24) is 14.8 Å². The van der Waals surface area contributed by atoms with Gasteiger partial charge in [-0.15, -0.1) is 5.10 Å². The SMILES string of the molecule is CCCCOc1ccc(Br)cc1C1C(C(=O)Nc2ccc(C)cc2C)=C(C)Nc2nc(SCCC)nn21. The molecule has 9 heteroatoms. The number of halogens is 1. The molecule has 3 aromatic rings. The fraction of sp³-hybridized carbons (Fsp3) is 0.393. The molecule has 1 unspecified atom stereocenters. The lowest BCUT2D eigenvalue weighted by molar-refractivity contribution is -0.113. The quantitative estimate of drug-likeness (QED) is 0.193. The maximum atomic E-state index is 13.9. The number of anilines is 2. The smallest absolute Gasteiger partial charge is 0.255 e. The van der Waals surface area contributed by atoms with E-state index in [4.69, 9.17) is 14.8 Å². The number of unbranched alkanes of at least 4 members (excludes halogenated alkanes) is 1. The number of rotatable bonds is 10. The molecule has 0 saturated carbocycles. The average Bonchev–Trinajstić information content (AvgIpc) is 3.26. The maximum absolute atomic E-state index is 13.9. The summed E-state index contributed by atoms with van der Waals surface area (Å²) in [6.07, 6.45) is 3.00. The molecule has 1 aliphatic heterocycles. The molecule has 0 spiro atoms. The number of nitrogens with zero attached hydrogens (tertiary/aromatic N) is 3. The van der Waals surface area contributed by atoms with Gasteiger partial charge in [-0.25, -0.2) is 4.68 Å². The molecule has 2 heterocycles. The van der Waals surface area contributed by atoms with Crippen LogP contribution in [0.3, 0.4) is 0 Å². The predicted octanol–water partition coefficient (Wildman–Crippen LogP) is 7.27. The van der Waals surface area contributed by atoms with Gasteiger partial charge in [0.2, 0.25) is 11.1 Å². The van der Waals surface area contributed by atoms with Crippen LogP contribution in [0.5, 0.6) is 5.75 Å². The Kier molecular flexibility index (Phi) is 8.97. The largest absolute Gasteiger partial charge is 0.493 e. The summed E-state index contributed by atoms with van der Waals surface area (Å²) in [5, 5.41) is 12.0. The van der Waals surface area contributed by atoms with Crippen LogP contribution in [-0.2, 0) is 4.79 Å². The van der Waals surface area contributed by atoms with Crippen molar-refractivity contribution in [2.24, 2.45) is 0 Å². The molecule has 1 aliphatic rings. The van der Waals surface area contributed by atoms with Gasteiger partial charge in [-0.1, -0.05) is 65.7 Å². The molecule has 7 nitrogen and oxygen atoms in total. The first-order chi connectivity index (χ1) is 17.8. The maximum Gasteiger partial charge on any atom is 0.255 e. The van der Waals surface area contributed by atoms with Gasteiger partial charge in [0.1, 0.15) is 11.8 Å². The minimum absolute atomic E-state index is 0.189. The van der Waals surface area contributed by atoms with Crippen LogP contribution in [-0.4, -0.2) is 33.0 Å². The Hall–Kier alpha value is -2.78. The summed E-state index contributed by atoms with van der Waals surface area (Å²) in [5.41, 5.74) is 5.11. The van der Waals surface area contributed by atoms with E-state index in [1.165, 1.54) is 0 Å². The molecule has 1 amide bonds. The number of hydrogen-bond acceptors (Lipinski definition) is 6. The summed E-state index contributed by atoms with van der Waals surface area (Å²) in [7, 11) is 0. The highest BCUT2D eigenvalue weighted by Gasteiger charge is 2.36. The Morgan fingerprint density at radius 3 is 2.70 bits per heavy atom. The molecule has 1 atom stereocenters. The summed E-state index contributed by atoms with van der Waals surface area (Å²) < 4.78 is 8.94. The Bertz CT molecular complexity index is 1320. The van der Waals surface area contributed by atoms with E-state index in [-0.39, 0.29) is 5.91 Å². The number of carbonyl (C=O) groups is 1. The number of fused-ring (bicyclic) bond motifs is 1. The molecular formula is C28H34BrN5O2S. The van der Waals surface area contributed by atoms with Crippen molar-refractivity contribution in [2.75, 3.05) is 23.0 Å². The van der Waals surface area contributed by atoms with E-state index in [0.717, 1.165) is 63.3 Å². The predicted molar refractivity (Wildman–Crippen MR) is 155 cm³/mol. The lowest BCUT2D eigenvalue weighted by Gasteiger charge is -2.30. The number of aromatic nitrogens is 3. The zero-order valence-corrected chi connectivity index (χ0v) is 24.4. The van der Waals surface area contributed by atoms with Crippen LogP contribution in [0.2, 0.25) is 0 Å². The zero-order chi connectivity index (χ0) is 26.5. The Balaban J connectivity index is 1.81. The first kappa shape index (κ1) is 27.3. The van der Waals surface area contributed by atoms with Gasteiger partial charge in [0.15, 0.2) is 0 Å². The van der Waals surface area contributed by atoms with Crippen molar-refractivity contribution in [3.63, 3.8) is 0 Å². The molecule has 0 saturated heterocycles. The van der Waals surface area contributed by atoms with Crippen molar-refractivity contribution < 1.29 is 9.53 Å². The van der Waals surface area contributed by atoms with Gasteiger partial charge in [0, 0.05) is 27.2 Å². The Morgan fingerprint density at radius 2 is 1.97 bits per heavy atom. The number of nitrogens with one attached hydrogen (secondary N) is 2. The molecule has 1 aromatic heterocycles. The van der Waals surface area contributed by atoms with E-state index < -0.39 is 6.04 Å². The second-order valence-corrected chi connectivity index (χ2v) is 11.2. The summed E-state index contributed by atoms with van der Waals surface area (Å²) in [6, 6.07) is 11.4. The van der Waals surface area contributed by atoms with Gasteiger partial charge in [-0.05, 0) is 63.4 Å². The van der Waals surface area contributed by atoms with Crippen LogP contribution in [0.1, 0.15) is 62.8 Å². The lowest BCUT2D eigenvalue weighted by atomic mass is 9.94.